The summed E-state index contributed by atoms with van der Waals surface area (Å²) in [5, 5.41) is 14.8. The molecular weight excluding hydrogens is 318 g/mol. The van der Waals surface area contributed by atoms with E-state index in [0.29, 0.717) is 19.0 Å². The maximum absolute atomic E-state index is 11.8. The van der Waals surface area contributed by atoms with Gasteiger partial charge in [-0.15, -0.1) is 0 Å². The first-order valence-corrected chi connectivity index (χ1v) is 10.1. The summed E-state index contributed by atoms with van der Waals surface area (Å²) in [6, 6.07) is -0.228. The molecule has 6 heteroatoms. The predicted octanol–water partition coefficient (Wildman–Crippen LogP) is 0.147. The fourth-order valence-electron chi connectivity index (χ4n) is 4.22. The van der Waals surface area contributed by atoms with Gasteiger partial charge in [0.2, 0.25) is 0 Å². The molecule has 0 radical (unpaired) electrons. The van der Waals surface area contributed by atoms with E-state index in [1.165, 1.54) is 44.9 Å². The number of nitrogens with one attached hydrogen (secondary N) is 2. The van der Waals surface area contributed by atoms with E-state index in [1.807, 2.05) is 0 Å². The monoisotopic (exact) mass is 353 g/mol. The van der Waals surface area contributed by atoms with Gasteiger partial charge in [0.1, 0.15) is 0 Å². The molecule has 25 heavy (non-hydrogen) atoms. The Hall–Kier alpha value is -1.30. The summed E-state index contributed by atoms with van der Waals surface area (Å²) in [4.78, 5) is 14.9. The molecule has 0 aromatic carbocycles. The van der Waals surface area contributed by atoms with Crippen molar-refractivity contribution in [2.45, 2.75) is 95.7 Å². The molecule has 0 bridgehead atoms. The SMILES string of the molecule is CCCCCCCCCCC[C@@H]1[NH+]=C(N)N[C@]2(CCCO2)[C@@H]1C(=O)[O-]. The minimum atomic E-state index is -1.06. The van der Waals surface area contributed by atoms with Crippen LogP contribution in [0.15, 0.2) is 0 Å². The Kier molecular flexibility index (Phi) is 8.00. The highest BCUT2D eigenvalue weighted by Crippen LogP contribution is 2.33. The number of carboxylic acids is 1. The van der Waals surface area contributed by atoms with Gasteiger partial charge in [-0.25, -0.2) is 5.32 Å². The minimum Gasteiger partial charge on any atom is -0.549 e. The van der Waals surface area contributed by atoms with Gasteiger partial charge in [-0.3, -0.25) is 10.7 Å². The van der Waals surface area contributed by atoms with Crippen molar-refractivity contribution in [3.63, 3.8) is 0 Å². The summed E-state index contributed by atoms with van der Waals surface area (Å²) in [5.74, 6) is -1.35. The van der Waals surface area contributed by atoms with Crippen molar-refractivity contribution < 1.29 is 19.6 Å². The van der Waals surface area contributed by atoms with Gasteiger partial charge in [-0.05, 0) is 19.3 Å². The molecule has 0 amide bonds. The van der Waals surface area contributed by atoms with Crippen LogP contribution < -0.4 is 21.1 Å². The molecule has 0 unspecified atom stereocenters. The summed E-state index contributed by atoms with van der Waals surface area (Å²) in [6.07, 6.45) is 13.5. The number of carbonyl (C=O) groups is 1. The first-order valence-electron chi connectivity index (χ1n) is 10.1. The lowest BCUT2D eigenvalue weighted by molar-refractivity contribution is -0.534. The van der Waals surface area contributed by atoms with Gasteiger partial charge in [-0.2, -0.15) is 0 Å². The van der Waals surface area contributed by atoms with Crippen molar-refractivity contribution in [1.82, 2.24) is 5.32 Å². The smallest absolute Gasteiger partial charge is 0.343 e. The van der Waals surface area contributed by atoms with Crippen LogP contribution in [0.4, 0.5) is 0 Å². The lowest BCUT2D eigenvalue weighted by Gasteiger charge is -2.41. The van der Waals surface area contributed by atoms with Crippen LogP contribution in [0.5, 0.6) is 0 Å². The predicted molar refractivity (Wildman–Crippen MR) is 95.3 cm³/mol. The first-order chi connectivity index (χ1) is 12.1. The molecule has 1 saturated heterocycles. The van der Waals surface area contributed by atoms with Crippen LogP contribution in [0.2, 0.25) is 0 Å². The van der Waals surface area contributed by atoms with Crippen LogP contribution >= 0.6 is 0 Å². The van der Waals surface area contributed by atoms with Gasteiger partial charge >= 0.3 is 5.96 Å². The third-order valence-corrected chi connectivity index (χ3v) is 5.52. The van der Waals surface area contributed by atoms with Crippen molar-refractivity contribution >= 4 is 11.9 Å². The first kappa shape index (κ1) is 20.0. The summed E-state index contributed by atoms with van der Waals surface area (Å²) < 4.78 is 5.77. The topological polar surface area (TPSA) is 101 Å². The number of carbonyl (C=O) groups excluding carboxylic acids is 1. The van der Waals surface area contributed by atoms with Gasteiger partial charge in [0.25, 0.3) is 0 Å². The molecule has 2 heterocycles. The zero-order valence-electron chi connectivity index (χ0n) is 15.6. The standard InChI is InChI=1S/C19H35N3O3/c1-2-3-4-5-6-7-8-9-10-12-15-16(17(23)24)19(13-11-14-25-19)22-18(20)21-15/h15-16H,2-14H2,1H3,(H,23,24)(H3,20,21,22)/t15-,16-,19-/m0/s1. The Bertz CT molecular complexity index is 447. The van der Waals surface area contributed by atoms with Crippen LogP contribution in [0.1, 0.15) is 84.0 Å². The second kappa shape index (κ2) is 10.00. The number of nitrogens with two attached hydrogens (primary N) is 1. The zero-order valence-corrected chi connectivity index (χ0v) is 15.6. The Morgan fingerprint density at radius 2 is 1.88 bits per heavy atom. The molecule has 4 N–H and O–H groups in total. The fourth-order valence-corrected chi connectivity index (χ4v) is 4.22. The lowest BCUT2D eigenvalue weighted by atomic mass is 9.82. The van der Waals surface area contributed by atoms with E-state index in [-0.39, 0.29) is 6.04 Å². The number of aliphatic carboxylic acids is 1. The average molecular weight is 354 g/mol. The van der Waals surface area contributed by atoms with E-state index in [2.05, 4.69) is 17.2 Å². The highest BCUT2D eigenvalue weighted by atomic mass is 16.5. The van der Waals surface area contributed by atoms with E-state index in [4.69, 9.17) is 10.5 Å². The number of hydrogen-bond donors (Lipinski definition) is 3. The van der Waals surface area contributed by atoms with E-state index in [9.17, 15) is 9.90 Å². The van der Waals surface area contributed by atoms with Crippen LogP contribution in [-0.4, -0.2) is 30.3 Å². The molecule has 2 aliphatic rings. The average Bonchev–Trinajstić information content (AvgIpc) is 3.00. The zero-order chi connectivity index (χ0) is 18.1. The number of rotatable bonds is 11. The largest absolute Gasteiger partial charge is 0.549 e. The Balaban J connectivity index is 1.75. The lowest BCUT2D eigenvalue weighted by Crippen LogP contribution is -2.94. The van der Waals surface area contributed by atoms with Crippen LogP contribution in [0.25, 0.3) is 0 Å². The maximum atomic E-state index is 11.8. The number of unbranched alkanes of at least 4 members (excludes halogenated alkanes) is 8. The van der Waals surface area contributed by atoms with Gasteiger partial charge in [0.15, 0.2) is 5.72 Å². The highest BCUT2D eigenvalue weighted by molar-refractivity contribution is 5.77. The molecule has 0 saturated carbocycles. The van der Waals surface area contributed by atoms with Gasteiger partial charge < -0.3 is 14.6 Å². The maximum Gasteiger partial charge on any atom is 0.343 e. The number of hydrogen-bond acceptors (Lipinski definition) is 5. The van der Waals surface area contributed by atoms with Crippen LogP contribution in [-0.2, 0) is 9.53 Å². The Morgan fingerprint density at radius 3 is 2.44 bits per heavy atom. The third-order valence-electron chi connectivity index (χ3n) is 5.52. The third kappa shape index (κ3) is 5.59. The van der Waals surface area contributed by atoms with Crippen molar-refractivity contribution in [2.24, 2.45) is 11.7 Å². The summed E-state index contributed by atoms with van der Waals surface area (Å²) in [6.45, 7) is 2.80. The molecular formula is C19H35N3O3. The van der Waals surface area contributed by atoms with Crippen LogP contribution in [0, 0.1) is 5.92 Å². The molecule has 1 spiro atoms. The molecule has 3 atom stereocenters. The molecule has 0 aliphatic carbocycles. The van der Waals surface area contributed by atoms with Gasteiger partial charge in [0, 0.05) is 6.42 Å². The number of carboxylic acid groups (broad SMARTS) is 1. The van der Waals surface area contributed by atoms with Crippen molar-refractivity contribution in [3.8, 4) is 0 Å². The summed E-state index contributed by atoms with van der Waals surface area (Å²) >= 11 is 0. The Morgan fingerprint density at radius 1 is 1.24 bits per heavy atom. The normalized spacial score (nSPS) is 28.8. The second-order valence-electron chi connectivity index (χ2n) is 7.54. The second-order valence-corrected chi connectivity index (χ2v) is 7.54. The summed E-state index contributed by atoms with van der Waals surface area (Å²) in [5.41, 5.74) is 5.06. The van der Waals surface area contributed by atoms with E-state index in [0.717, 1.165) is 25.7 Å². The number of guanidine groups is 1. The van der Waals surface area contributed by atoms with Gasteiger partial charge in [0.05, 0.1) is 24.5 Å². The van der Waals surface area contributed by atoms with E-state index < -0.39 is 17.6 Å². The van der Waals surface area contributed by atoms with Crippen LogP contribution in [0.3, 0.4) is 0 Å². The minimum absolute atomic E-state index is 0.228. The summed E-state index contributed by atoms with van der Waals surface area (Å²) in [7, 11) is 0. The molecule has 2 rings (SSSR count). The van der Waals surface area contributed by atoms with Crippen molar-refractivity contribution in [2.75, 3.05) is 6.61 Å². The van der Waals surface area contributed by atoms with Crippen molar-refractivity contribution in [1.29, 1.82) is 0 Å². The quantitative estimate of drug-likeness (QED) is 0.459. The van der Waals surface area contributed by atoms with Crippen molar-refractivity contribution in [3.05, 3.63) is 0 Å². The van der Waals surface area contributed by atoms with E-state index in [1.54, 1.807) is 0 Å². The fraction of sp³-hybridized carbons (Fsp3) is 0.895. The molecule has 144 valence electrons. The molecule has 1 fully saturated rings. The molecule has 2 aliphatic heterocycles. The Labute approximate surface area is 151 Å². The van der Waals surface area contributed by atoms with Gasteiger partial charge in [-0.1, -0.05) is 58.3 Å². The highest BCUT2D eigenvalue weighted by Gasteiger charge is 2.53. The molecule has 0 aromatic rings. The van der Waals surface area contributed by atoms with E-state index >= 15 is 0 Å². The molecule has 6 nitrogen and oxygen atoms in total. The number of ether oxygens (including phenoxy) is 1. The molecule has 0 aromatic heterocycles.